The molecule has 0 amide bonds. The Hall–Kier alpha value is -3.08. The van der Waals surface area contributed by atoms with Crippen LogP contribution in [0.15, 0.2) is 79.0 Å². The number of hydrogen-bond donors (Lipinski definition) is 0. The number of carbonyl (C=O) groups excluding carboxylic acids is 1. The highest BCUT2D eigenvalue weighted by Gasteiger charge is 2.21. The lowest BCUT2D eigenvalue weighted by molar-refractivity contribution is 0.0474. The largest absolute Gasteiger partial charge is 0.457 e. The molecule has 4 nitrogen and oxygen atoms in total. The molecule has 0 aliphatic rings. The number of rotatable bonds is 5. The van der Waals surface area contributed by atoms with Crippen LogP contribution in [0.1, 0.15) is 21.5 Å². The maximum Gasteiger partial charge on any atom is 0.342 e. The third-order valence-corrected chi connectivity index (χ3v) is 5.40. The maximum atomic E-state index is 13.0. The standard InChI is InChI=1S/C24H18Cl2N2O2/c1-16-10-12-17(13-11-16)23-19(14-28(27-23)18-6-3-2-4-7-18)24(29)30-15-20-21(25)8-5-9-22(20)26/h2-14H,15H2,1H3. The molecule has 0 N–H and O–H groups in total. The molecule has 0 aliphatic heterocycles. The van der Waals surface area contributed by atoms with Gasteiger partial charge >= 0.3 is 5.97 Å². The fourth-order valence-electron chi connectivity index (χ4n) is 3.05. The number of para-hydroxylation sites is 1. The molecule has 0 aliphatic carbocycles. The lowest BCUT2D eigenvalue weighted by atomic mass is 10.1. The van der Waals surface area contributed by atoms with Gasteiger partial charge in [-0.25, -0.2) is 9.48 Å². The Kier molecular flexibility index (Phi) is 5.88. The minimum absolute atomic E-state index is 0.0266. The molecule has 30 heavy (non-hydrogen) atoms. The second-order valence-electron chi connectivity index (χ2n) is 6.81. The lowest BCUT2D eigenvalue weighted by Crippen LogP contribution is -2.06. The van der Waals surface area contributed by atoms with Crippen LogP contribution in [-0.2, 0) is 11.3 Å². The number of aryl methyl sites for hydroxylation is 1. The van der Waals surface area contributed by atoms with Gasteiger partial charge in [-0.05, 0) is 31.2 Å². The second kappa shape index (κ2) is 8.74. The first-order valence-corrected chi connectivity index (χ1v) is 10.1. The van der Waals surface area contributed by atoms with Gasteiger partial charge in [0.2, 0.25) is 0 Å². The Morgan fingerprint density at radius 2 is 1.60 bits per heavy atom. The van der Waals surface area contributed by atoms with Crippen LogP contribution in [0.2, 0.25) is 10.0 Å². The van der Waals surface area contributed by atoms with Crippen LogP contribution >= 0.6 is 23.2 Å². The molecule has 0 fully saturated rings. The van der Waals surface area contributed by atoms with Crippen LogP contribution < -0.4 is 0 Å². The average Bonchev–Trinajstić information content (AvgIpc) is 3.20. The summed E-state index contributed by atoms with van der Waals surface area (Å²) in [6.45, 7) is 1.98. The Morgan fingerprint density at radius 3 is 2.27 bits per heavy atom. The molecule has 4 rings (SSSR count). The monoisotopic (exact) mass is 436 g/mol. The van der Waals surface area contributed by atoms with Gasteiger partial charge in [0.05, 0.1) is 5.69 Å². The number of esters is 1. The lowest BCUT2D eigenvalue weighted by Gasteiger charge is -2.08. The van der Waals surface area contributed by atoms with Crippen molar-refractivity contribution in [3.8, 4) is 16.9 Å². The molecule has 0 bridgehead atoms. The topological polar surface area (TPSA) is 44.1 Å². The van der Waals surface area contributed by atoms with Crippen LogP contribution in [0.25, 0.3) is 16.9 Å². The second-order valence-corrected chi connectivity index (χ2v) is 7.63. The summed E-state index contributed by atoms with van der Waals surface area (Å²) in [6, 6.07) is 22.6. The molecule has 0 saturated heterocycles. The van der Waals surface area contributed by atoms with E-state index < -0.39 is 5.97 Å². The van der Waals surface area contributed by atoms with E-state index in [0.717, 1.165) is 16.8 Å². The number of hydrogen-bond acceptors (Lipinski definition) is 3. The zero-order chi connectivity index (χ0) is 21.1. The first-order valence-electron chi connectivity index (χ1n) is 9.35. The number of benzene rings is 3. The van der Waals surface area contributed by atoms with Gasteiger partial charge in [-0.1, -0.05) is 77.3 Å². The average molecular weight is 437 g/mol. The molecule has 6 heteroatoms. The molecule has 150 valence electrons. The normalized spacial score (nSPS) is 10.8. The van der Waals surface area contributed by atoms with Crippen LogP contribution in [0.3, 0.4) is 0 Å². The number of nitrogens with zero attached hydrogens (tertiary/aromatic N) is 2. The van der Waals surface area contributed by atoms with Crippen LogP contribution in [-0.4, -0.2) is 15.7 Å². The molecule has 0 unspecified atom stereocenters. The van der Waals surface area contributed by atoms with E-state index in [1.807, 2.05) is 61.5 Å². The quantitative estimate of drug-likeness (QED) is 0.334. The Labute approximate surface area is 184 Å². The Balaban J connectivity index is 1.69. The molecular formula is C24H18Cl2N2O2. The minimum Gasteiger partial charge on any atom is -0.457 e. The van der Waals surface area contributed by atoms with Crippen molar-refractivity contribution < 1.29 is 9.53 Å². The SMILES string of the molecule is Cc1ccc(-c2nn(-c3ccccc3)cc2C(=O)OCc2c(Cl)cccc2Cl)cc1. The predicted octanol–water partition coefficient (Wildman–Crippen LogP) is 6.51. The fourth-order valence-corrected chi connectivity index (χ4v) is 3.55. The van der Waals surface area contributed by atoms with Crippen molar-refractivity contribution in [1.29, 1.82) is 0 Å². The molecule has 1 heterocycles. The highest BCUT2D eigenvalue weighted by molar-refractivity contribution is 6.35. The summed E-state index contributed by atoms with van der Waals surface area (Å²) in [6.07, 6.45) is 1.68. The fraction of sp³-hybridized carbons (Fsp3) is 0.0833. The van der Waals surface area contributed by atoms with E-state index in [2.05, 4.69) is 5.10 Å². The van der Waals surface area contributed by atoms with Crippen molar-refractivity contribution in [3.63, 3.8) is 0 Å². The molecule has 4 aromatic rings. The molecule has 1 aromatic heterocycles. The highest BCUT2D eigenvalue weighted by Crippen LogP contribution is 2.28. The third kappa shape index (κ3) is 4.25. The van der Waals surface area contributed by atoms with Gasteiger partial charge in [-0.2, -0.15) is 5.10 Å². The predicted molar refractivity (Wildman–Crippen MR) is 119 cm³/mol. The smallest absolute Gasteiger partial charge is 0.342 e. The zero-order valence-corrected chi connectivity index (χ0v) is 17.7. The van der Waals surface area contributed by atoms with Crippen molar-refractivity contribution in [2.45, 2.75) is 13.5 Å². The third-order valence-electron chi connectivity index (χ3n) is 4.69. The molecule has 0 spiro atoms. The van der Waals surface area contributed by atoms with Gasteiger partial charge in [0.25, 0.3) is 0 Å². The minimum atomic E-state index is -0.497. The summed E-state index contributed by atoms with van der Waals surface area (Å²) in [5.41, 5.74) is 4.29. The van der Waals surface area contributed by atoms with E-state index in [1.54, 1.807) is 29.1 Å². The molecular weight excluding hydrogens is 419 g/mol. The van der Waals surface area contributed by atoms with Crippen LogP contribution in [0.5, 0.6) is 0 Å². The zero-order valence-electron chi connectivity index (χ0n) is 16.2. The number of halogens is 2. The molecule has 0 atom stereocenters. The van der Waals surface area contributed by atoms with Gasteiger partial charge < -0.3 is 4.74 Å². The van der Waals surface area contributed by atoms with E-state index in [9.17, 15) is 4.79 Å². The van der Waals surface area contributed by atoms with Crippen molar-refractivity contribution in [2.75, 3.05) is 0 Å². The van der Waals surface area contributed by atoms with Gasteiger partial charge in [0.1, 0.15) is 17.9 Å². The molecule has 0 radical (unpaired) electrons. The Morgan fingerprint density at radius 1 is 0.933 bits per heavy atom. The van der Waals surface area contributed by atoms with Gasteiger partial charge in [0, 0.05) is 27.4 Å². The maximum absolute atomic E-state index is 13.0. The molecule has 0 saturated carbocycles. The van der Waals surface area contributed by atoms with Crippen molar-refractivity contribution >= 4 is 29.2 Å². The summed E-state index contributed by atoms with van der Waals surface area (Å²) in [5.74, 6) is -0.497. The number of carbonyl (C=O) groups is 1. The number of aromatic nitrogens is 2. The first kappa shape index (κ1) is 20.2. The number of ether oxygens (including phenoxy) is 1. The van der Waals surface area contributed by atoms with E-state index in [-0.39, 0.29) is 6.61 Å². The van der Waals surface area contributed by atoms with Crippen molar-refractivity contribution in [1.82, 2.24) is 9.78 Å². The van der Waals surface area contributed by atoms with E-state index in [1.165, 1.54) is 0 Å². The van der Waals surface area contributed by atoms with Crippen molar-refractivity contribution in [3.05, 3.63) is 106 Å². The van der Waals surface area contributed by atoms with E-state index >= 15 is 0 Å². The Bertz CT molecular complexity index is 1170. The van der Waals surface area contributed by atoms with E-state index in [4.69, 9.17) is 27.9 Å². The van der Waals surface area contributed by atoms with Crippen LogP contribution in [0, 0.1) is 6.92 Å². The summed E-state index contributed by atoms with van der Waals surface area (Å²) in [4.78, 5) is 13.0. The summed E-state index contributed by atoms with van der Waals surface area (Å²) in [7, 11) is 0. The van der Waals surface area contributed by atoms with Gasteiger partial charge in [0.15, 0.2) is 0 Å². The van der Waals surface area contributed by atoms with E-state index in [0.29, 0.717) is 26.9 Å². The van der Waals surface area contributed by atoms with Gasteiger partial charge in [-0.3, -0.25) is 0 Å². The van der Waals surface area contributed by atoms with Crippen molar-refractivity contribution in [2.24, 2.45) is 0 Å². The van der Waals surface area contributed by atoms with Gasteiger partial charge in [-0.15, -0.1) is 0 Å². The highest BCUT2D eigenvalue weighted by atomic mass is 35.5. The first-order chi connectivity index (χ1) is 14.5. The summed E-state index contributed by atoms with van der Waals surface area (Å²) < 4.78 is 7.22. The summed E-state index contributed by atoms with van der Waals surface area (Å²) >= 11 is 12.4. The molecule has 3 aromatic carbocycles. The summed E-state index contributed by atoms with van der Waals surface area (Å²) in [5, 5.41) is 5.56. The van der Waals surface area contributed by atoms with Crippen LogP contribution in [0.4, 0.5) is 0 Å².